The molecule has 0 spiro atoms. The van der Waals surface area contributed by atoms with E-state index in [4.69, 9.17) is 4.74 Å². The maximum absolute atomic E-state index is 11.8. The zero-order chi connectivity index (χ0) is 12.7. The summed E-state index contributed by atoms with van der Waals surface area (Å²) < 4.78 is 5.07. The summed E-state index contributed by atoms with van der Waals surface area (Å²) in [7, 11) is 0. The number of aliphatic hydroxyl groups excluding tert-OH is 1. The average molecular weight is 243 g/mol. The van der Waals surface area contributed by atoms with E-state index in [1.165, 1.54) is 0 Å². The molecule has 4 nitrogen and oxygen atoms in total. The topological polar surface area (TPSA) is 58.6 Å². The Morgan fingerprint density at radius 1 is 1.41 bits per heavy atom. The average Bonchev–Trinajstić information content (AvgIpc) is 2.78. The van der Waals surface area contributed by atoms with Crippen LogP contribution in [-0.2, 0) is 9.53 Å². The van der Waals surface area contributed by atoms with E-state index in [2.05, 4.69) is 5.32 Å². The molecule has 0 aliphatic heterocycles. The van der Waals surface area contributed by atoms with Crippen LogP contribution in [0.5, 0.6) is 0 Å². The molecule has 1 aliphatic carbocycles. The number of hydrogen-bond donors (Lipinski definition) is 2. The predicted octanol–water partition coefficient (Wildman–Crippen LogP) is 1.61. The van der Waals surface area contributed by atoms with Gasteiger partial charge in [0.2, 0.25) is 0 Å². The molecule has 0 aromatic rings. The summed E-state index contributed by atoms with van der Waals surface area (Å²) in [5.41, 5.74) is -0.257. The van der Waals surface area contributed by atoms with E-state index in [1.54, 1.807) is 0 Å². The van der Waals surface area contributed by atoms with Crippen molar-refractivity contribution >= 4 is 5.97 Å². The molecule has 1 fully saturated rings. The normalized spacial score (nSPS) is 20.2. The van der Waals surface area contributed by atoms with Crippen LogP contribution < -0.4 is 5.32 Å². The molecule has 4 heteroatoms. The Labute approximate surface area is 104 Å². The van der Waals surface area contributed by atoms with E-state index >= 15 is 0 Å². The largest absolute Gasteiger partial charge is 0.465 e. The number of hydrogen-bond acceptors (Lipinski definition) is 4. The zero-order valence-electron chi connectivity index (χ0n) is 11.0. The monoisotopic (exact) mass is 243 g/mol. The van der Waals surface area contributed by atoms with E-state index < -0.39 is 0 Å². The van der Waals surface area contributed by atoms with Gasteiger partial charge in [-0.1, -0.05) is 26.2 Å². The lowest BCUT2D eigenvalue weighted by atomic mass is 9.96. The lowest BCUT2D eigenvalue weighted by Gasteiger charge is -2.32. The van der Waals surface area contributed by atoms with Crippen molar-refractivity contribution in [3.8, 4) is 0 Å². The minimum atomic E-state index is -0.273. The first-order valence-electron chi connectivity index (χ1n) is 6.72. The van der Waals surface area contributed by atoms with Crippen LogP contribution in [-0.4, -0.2) is 35.9 Å². The molecule has 1 saturated carbocycles. The maximum Gasteiger partial charge on any atom is 0.323 e. The third-order valence-electron chi connectivity index (χ3n) is 3.49. The Balaban J connectivity index is 2.60. The number of esters is 1. The molecule has 0 amide bonds. The van der Waals surface area contributed by atoms with E-state index in [9.17, 15) is 9.90 Å². The molecule has 1 rings (SSSR count). The first-order valence-corrected chi connectivity index (χ1v) is 6.72. The fraction of sp³-hybridized carbons (Fsp3) is 0.923. The van der Waals surface area contributed by atoms with Crippen molar-refractivity contribution in [3.05, 3.63) is 0 Å². The van der Waals surface area contributed by atoms with Crippen LogP contribution in [0, 0.1) is 0 Å². The first kappa shape index (κ1) is 14.5. The van der Waals surface area contributed by atoms with Crippen molar-refractivity contribution in [1.29, 1.82) is 0 Å². The lowest BCUT2D eigenvalue weighted by molar-refractivity contribution is -0.146. The van der Waals surface area contributed by atoms with Crippen LogP contribution in [0.1, 0.15) is 52.4 Å². The molecular weight excluding hydrogens is 218 g/mol. The SMILES string of the molecule is CCCC(NC1(CO)CCCC1)C(=O)OCC. The van der Waals surface area contributed by atoms with Gasteiger partial charge in [-0.25, -0.2) is 0 Å². The molecule has 0 radical (unpaired) electrons. The summed E-state index contributed by atoms with van der Waals surface area (Å²) in [6, 6.07) is -0.273. The van der Waals surface area contributed by atoms with Gasteiger partial charge >= 0.3 is 5.97 Å². The van der Waals surface area contributed by atoms with E-state index in [0.29, 0.717) is 6.61 Å². The maximum atomic E-state index is 11.8. The van der Waals surface area contributed by atoms with Gasteiger partial charge in [-0.05, 0) is 26.2 Å². The molecule has 0 heterocycles. The number of carbonyl (C=O) groups is 1. The summed E-state index contributed by atoms with van der Waals surface area (Å²) in [6.07, 6.45) is 5.83. The van der Waals surface area contributed by atoms with E-state index in [1.807, 2.05) is 13.8 Å². The molecule has 1 unspecified atom stereocenters. The van der Waals surface area contributed by atoms with Crippen molar-refractivity contribution in [3.63, 3.8) is 0 Å². The summed E-state index contributed by atoms with van der Waals surface area (Å²) in [6.45, 7) is 4.38. The molecule has 0 aromatic carbocycles. The predicted molar refractivity (Wildman–Crippen MR) is 66.7 cm³/mol. The van der Waals surface area contributed by atoms with Crippen LogP contribution in [0.4, 0.5) is 0 Å². The fourth-order valence-electron chi connectivity index (χ4n) is 2.55. The van der Waals surface area contributed by atoms with Crippen LogP contribution in [0.15, 0.2) is 0 Å². The minimum Gasteiger partial charge on any atom is -0.465 e. The molecular formula is C13H25NO3. The van der Waals surface area contributed by atoms with Crippen molar-refractivity contribution in [2.24, 2.45) is 0 Å². The van der Waals surface area contributed by atoms with Gasteiger partial charge in [0.25, 0.3) is 0 Å². The van der Waals surface area contributed by atoms with Crippen molar-refractivity contribution in [1.82, 2.24) is 5.32 Å². The Kier molecular flexibility index (Phi) is 5.92. The first-order chi connectivity index (χ1) is 8.17. The van der Waals surface area contributed by atoms with E-state index in [0.717, 1.165) is 38.5 Å². The van der Waals surface area contributed by atoms with Crippen LogP contribution in [0.3, 0.4) is 0 Å². The molecule has 17 heavy (non-hydrogen) atoms. The highest BCUT2D eigenvalue weighted by atomic mass is 16.5. The smallest absolute Gasteiger partial charge is 0.323 e. The van der Waals surface area contributed by atoms with Gasteiger partial charge in [-0.3, -0.25) is 10.1 Å². The fourth-order valence-corrected chi connectivity index (χ4v) is 2.55. The van der Waals surface area contributed by atoms with Gasteiger partial charge < -0.3 is 9.84 Å². The highest BCUT2D eigenvalue weighted by Gasteiger charge is 2.36. The second-order valence-electron chi connectivity index (χ2n) is 4.88. The third-order valence-corrected chi connectivity index (χ3v) is 3.49. The van der Waals surface area contributed by atoms with Crippen LogP contribution in [0.2, 0.25) is 0 Å². The van der Waals surface area contributed by atoms with Gasteiger partial charge in [0, 0.05) is 5.54 Å². The lowest BCUT2D eigenvalue weighted by Crippen LogP contribution is -2.54. The molecule has 1 atom stereocenters. The Bertz CT molecular complexity index is 237. The molecule has 0 bridgehead atoms. The Morgan fingerprint density at radius 3 is 2.53 bits per heavy atom. The number of rotatable bonds is 7. The second kappa shape index (κ2) is 6.97. The van der Waals surface area contributed by atoms with Crippen LogP contribution >= 0.6 is 0 Å². The van der Waals surface area contributed by atoms with Gasteiger partial charge in [0.15, 0.2) is 0 Å². The molecule has 100 valence electrons. The highest BCUT2D eigenvalue weighted by molar-refractivity contribution is 5.75. The second-order valence-corrected chi connectivity index (χ2v) is 4.88. The number of nitrogens with one attached hydrogen (secondary N) is 1. The summed E-state index contributed by atoms with van der Waals surface area (Å²) in [4.78, 5) is 11.8. The molecule has 1 aliphatic rings. The van der Waals surface area contributed by atoms with Crippen molar-refractivity contribution < 1.29 is 14.6 Å². The molecule has 0 aromatic heterocycles. The van der Waals surface area contributed by atoms with Gasteiger partial charge in [0.05, 0.1) is 13.2 Å². The summed E-state index contributed by atoms with van der Waals surface area (Å²) >= 11 is 0. The van der Waals surface area contributed by atoms with Crippen LogP contribution in [0.25, 0.3) is 0 Å². The van der Waals surface area contributed by atoms with Crippen molar-refractivity contribution in [2.75, 3.05) is 13.2 Å². The number of ether oxygens (including phenoxy) is 1. The minimum absolute atomic E-state index is 0.104. The summed E-state index contributed by atoms with van der Waals surface area (Å²) in [5, 5.41) is 12.9. The third kappa shape index (κ3) is 3.96. The van der Waals surface area contributed by atoms with E-state index in [-0.39, 0.29) is 24.2 Å². The number of aliphatic hydroxyl groups is 1. The Hall–Kier alpha value is -0.610. The molecule has 2 N–H and O–H groups in total. The van der Waals surface area contributed by atoms with Gasteiger partial charge in [-0.2, -0.15) is 0 Å². The van der Waals surface area contributed by atoms with Gasteiger partial charge in [0.1, 0.15) is 6.04 Å². The standard InChI is InChI=1S/C13H25NO3/c1-3-7-11(12(16)17-4-2)14-13(10-15)8-5-6-9-13/h11,14-15H,3-10H2,1-2H3. The van der Waals surface area contributed by atoms with Crippen molar-refractivity contribution in [2.45, 2.75) is 64.0 Å². The van der Waals surface area contributed by atoms with Gasteiger partial charge in [-0.15, -0.1) is 0 Å². The zero-order valence-corrected chi connectivity index (χ0v) is 11.0. The molecule has 0 saturated heterocycles. The number of carbonyl (C=O) groups excluding carboxylic acids is 1. The highest BCUT2D eigenvalue weighted by Crippen LogP contribution is 2.30. The quantitative estimate of drug-likeness (QED) is 0.667. The summed E-state index contributed by atoms with van der Waals surface area (Å²) in [5.74, 6) is -0.186. The Morgan fingerprint density at radius 2 is 2.06 bits per heavy atom.